The summed E-state index contributed by atoms with van der Waals surface area (Å²) in [4.78, 5) is 14.4. The molecular weight excluding hydrogens is 274 g/mol. The van der Waals surface area contributed by atoms with Crippen LogP contribution in [-0.2, 0) is 6.54 Å². The van der Waals surface area contributed by atoms with Gasteiger partial charge in [-0.2, -0.15) is 0 Å². The summed E-state index contributed by atoms with van der Waals surface area (Å²) < 4.78 is 6.43. The van der Waals surface area contributed by atoms with Crippen molar-refractivity contribution >= 4 is 18.0 Å². The van der Waals surface area contributed by atoms with Crippen molar-refractivity contribution in [3.63, 3.8) is 0 Å². The molecule has 21 heavy (non-hydrogen) atoms. The third-order valence-corrected chi connectivity index (χ3v) is 2.92. The van der Waals surface area contributed by atoms with Crippen molar-refractivity contribution in [2.24, 2.45) is 0 Å². The minimum atomic E-state index is -0.520. The summed E-state index contributed by atoms with van der Waals surface area (Å²) in [5.41, 5.74) is 0.914. The van der Waals surface area contributed by atoms with Gasteiger partial charge in [-0.05, 0) is 28.7 Å². The first-order valence-corrected chi connectivity index (χ1v) is 6.28. The minimum absolute atomic E-state index is 0.124. The molecule has 1 N–H and O–H groups in total. The molecule has 110 valence electrons. The number of nitrogens with zero attached hydrogens (tertiary/aromatic N) is 3. The number of ether oxygens (including phenoxy) is 1. The summed E-state index contributed by atoms with van der Waals surface area (Å²) >= 11 is 0. The molecule has 0 unspecified atom stereocenters. The summed E-state index contributed by atoms with van der Waals surface area (Å²) in [6.07, 6.45) is 4.65. The molecule has 0 saturated carbocycles. The molecule has 0 aliphatic rings. The van der Waals surface area contributed by atoms with Crippen molar-refractivity contribution in [2.45, 2.75) is 6.54 Å². The normalized spacial score (nSPS) is 11.0. The van der Waals surface area contributed by atoms with Crippen LogP contribution in [0.2, 0.25) is 0 Å². The van der Waals surface area contributed by atoms with Crippen LogP contribution in [0.3, 0.4) is 0 Å². The molecular formula is C14H15N3O4. The maximum Gasteiger partial charge on any atom is 0.343 e. The summed E-state index contributed by atoms with van der Waals surface area (Å²) in [5.74, 6) is 1.04. The molecule has 0 radical (unpaired) electrons. The van der Waals surface area contributed by atoms with Gasteiger partial charge in [-0.1, -0.05) is 12.1 Å². The lowest BCUT2D eigenvalue weighted by atomic mass is 10.2. The minimum Gasteiger partial charge on any atom is -0.497 e. The first-order chi connectivity index (χ1) is 10.2. The molecule has 0 aliphatic carbocycles. The predicted octanol–water partition coefficient (Wildman–Crippen LogP) is 1.96. The summed E-state index contributed by atoms with van der Waals surface area (Å²) in [5, 5.41) is 19.9. The highest BCUT2D eigenvalue weighted by molar-refractivity contribution is 5.67. The molecule has 1 aromatic heterocycles. The summed E-state index contributed by atoms with van der Waals surface area (Å²) in [7, 11) is 1.59. The Balaban J connectivity index is 2.25. The average molecular weight is 289 g/mol. The number of hydrogen-bond acceptors (Lipinski definition) is 5. The van der Waals surface area contributed by atoms with Gasteiger partial charge in [-0.15, -0.1) is 0 Å². The van der Waals surface area contributed by atoms with Crippen molar-refractivity contribution in [3.05, 3.63) is 52.0 Å². The number of aromatic nitrogens is 2. The van der Waals surface area contributed by atoms with Crippen LogP contribution in [0, 0.1) is 10.1 Å². The number of imidazole rings is 1. The van der Waals surface area contributed by atoms with Crippen LogP contribution in [0.1, 0.15) is 11.4 Å². The molecule has 0 fully saturated rings. The molecule has 0 amide bonds. The van der Waals surface area contributed by atoms with E-state index in [0.29, 0.717) is 5.82 Å². The van der Waals surface area contributed by atoms with Crippen LogP contribution < -0.4 is 4.74 Å². The maximum atomic E-state index is 10.9. The zero-order chi connectivity index (χ0) is 15.2. The quantitative estimate of drug-likeness (QED) is 0.648. The molecule has 1 aromatic carbocycles. The third kappa shape index (κ3) is 3.46. The van der Waals surface area contributed by atoms with Crippen molar-refractivity contribution in [1.82, 2.24) is 9.55 Å². The lowest BCUT2D eigenvalue weighted by molar-refractivity contribution is -0.392. The van der Waals surface area contributed by atoms with Gasteiger partial charge in [0.25, 0.3) is 0 Å². The van der Waals surface area contributed by atoms with Crippen molar-refractivity contribution in [1.29, 1.82) is 0 Å². The van der Waals surface area contributed by atoms with E-state index in [-0.39, 0.29) is 19.0 Å². The fourth-order valence-corrected chi connectivity index (χ4v) is 1.87. The Morgan fingerprint density at radius 1 is 1.38 bits per heavy atom. The van der Waals surface area contributed by atoms with E-state index in [2.05, 4.69) is 4.98 Å². The molecule has 0 saturated heterocycles. The van der Waals surface area contributed by atoms with Gasteiger partial charge in [0.1, 0.15) is 18.5 Å². The zero-order valence-corrected chi connectivity index (χ0v) is 11.5. The van der Waals surface area contributed by atoms with Gasteiger partial charge in [-0.25, -0.2) is 9.55 Å². The Kier molecular flexibility index (Phi) is 4.68. The SMILES string of the molecule is COc1ccc(/C=C\c2ncc([N+](=O)[O-])n2CCO)cc1. The van der Waals surface area contributed by atoms with E-state index in [4.69, 9.17) is 9.84 Å². The van der Waals surface area contributed by atoms with Gasteiger partial charge >= 0.3 is 5.82 Å². The van der Waals surface area contributed by atoms with E-state index >= 15 is 0 Å². The van der Waals surface area contributed by atoms with Crippen LogP contribution >= 0.6 is 0 Å². The lowest BCUT2D eigenvalue weighted by Crippen LogP contribution is -2.07. The van der Waals surface area contributed by atoms with Crippen LogP contribution in [0.4, 0.5) is 5.82 Å². The molecule has 7 nitrogen and oxygen atoms in total. The van der Waals surface area contributed by atoms with Gasteiger partial charge < -0.3 is 20.0 Å². The number of aliphatic hydroxyl groups is 1. The lowest BCUT2D eigenvalue weighted by Gasteiger charge is -2.00. The number of nitro groups is 1. The molecule has 0 atom stereocenters. The Morgan fingerprint density at radius 3 is 2.67 bits per heavy atom. The second-order valence-corrected chi connectivity index (χ2v) is 4.21. The largest absolute Gasteiger partial charge is 0.497 e. The molecule has 2 rings (SSSR count). The molecule has 1 heterocycles. The van der Waals surface area contributed by atoms with E-state index in [9.17, 15) is 10.1 Å². The van der Waals surface area contributed by atoms with Crippen LogP contribution in [0.5, 0.6) is 5.75 Å². The Morgan fingerprint density at radius 2 is 2.10 bits per heavy atom. The Labute approximate surface area is 121 Å². The highest BCUT2D eigenvalue weighted by Crippen LogP contribution is 2.17. The first-order valence-electron chi connectivity index (χ1n) is 6.28. The maximum absolute atomic E-state index is 10.9. The molecule has 0 aliphatic heterocycles. The van der Waals surface area contributed by atoms with Crippen molar-refractivity contribution < 1.29 is 14.8 Å². The summed E-state index contributed by atoms with van der Waals surface area (Å²) in [6, 6.07) is 7.37. The summed E-state index contributed by atoms with van der Waals surface area (Å²) in [6.45, 7) is -0.0703. The number of benzene rings is 1. The van der Waals surface area contributed by atoms with Gasteiger partial charge in [0, 0.05) is 6.08 Å². The van der Waals surface area contributed by atoms with Gasteiger partial charge in [0.15, 0.2) is 0 Å². The molecule has 0 bridgehead atoms. The molecule has 0 spiro atoms. The van der Waals surface area contributed by atoms with Gasteiger partial charge in [0.2, 0.25) is 5.82 Å². The van der Waals surface area contributed by atoms with E-state index in [1.807, 2.05) is 24.3 Å². The van der Waals surface area contributed by atoms with E-state index in [0.717, 1.165) is 11.3 Å². The van der Waals surface area contributed by atoms with E-state index in [1.165, 1.54) is 10.8 Å². The highest BCUT2D eigenvalue weighted by Gasteiger charge is 2.17. The Hall–Kier alpha value is -2.67. The predicted molar refractivity (Wildman–Crippen MR) is 77.9 cm³/mol. The van der Waals surface area contributed by atoms with Crippen LogP contribution in [0.25, 0.3) is 12.2 Å². The fourth-order valence-electron chi connectivity index (χ4n) is 1.87. The number of hydrogen-bond donors (Lipinski definition) is 1. The second kappa shape index (κ2) is 6.67. The number of aliphatic hydroxyl groups excluding tert-OH is 1. The van der Waals surface area contributed by atoms with Gasteiger partial charge in [0.05, 0.1) is 13.7 Å². The fraction of sp³-hybridized carbons (Fsp3) is 0.214. The average Bonchev–Trinajstić information content (AvgIpc) is 2.89. The monoisotopic (exact) mass is 289 g/mol. The van der Waals surface area contributed by atoms with Crippen molar-refractivity contribution in [3.8, 4) is 5.75 Å². The van der Waals surface area contributed by atoms with Crippen molar-refractivity contribution in [2.75, 3.05) is 13.7 Å². The third-order valence-electron chi connectivity index (χ3n) is 2.92. The standard InChI is InChI=1S/C14H15N3O4/c1-21-12-5-2-11(3-6-12)4-7-13-15-10-14(17(19)20)16(13)8-9-18/h2-7,10,18H,8-9H2,1H3/b7-4-. The van der Waals surface area contributed by atoms with Gasteiger partial charge in [-0.3, -0.25) is 0 Å². The second-order valence-electron chi connectivity index (χ2n) is 4.21. The number of rotatable bonds is 6. The number of methoxy groups -OCH3 is 1. The van der Waals surface area contributed by atoms with Crippen LogP contribution in [-0.4, -0.2) is 33.3 Å². The van der Waals surface area contributed by atoms with Crippen LogP contribution in [0.15, 0.2) is 30.5 Å². The smallest absolute Gasteiger partial charge is 0.343 e. The van der Waals surface area contributed by atoms with E-state index in [1.54, 1.807) is 19.3 Å². The highest BCUT2D eigenvalue weighted by atomic mass is 16.6. The zero-order valence-electron chi connectivity index (χ0n) is 11.5. The molecule has 2 aromatic rings. The topological polar surface area (TPSA) is 90.4 Å². The Bertz CT molecular complexity index is 647. The first kappa shape index (κ1) is 14.7. The van der Waals surface area contributed by atoms with E-state index < -0.39 is 4.92 Å². The molecule has 7 heteroatoms.